The molecule has 2 aromatic carbocycles. The van der Waals surface area contributed by atoms with Gasteiger partial charge in [0.25, 0.3) is 0 Å². The lowest BCUT2D eigenvalue weighted by Crippen LogP contribution is -2.18. The van der Waals surface area contributed by atoms with Crippen molar-refractivity contribution in [3.63, 3.8) is 0 Å². The van der Waals surface area contributed by atoms with Gasteiger partial charge in [0.05, 0.1) is 5.92 Å². The van der Waals surface area contributed by atoms with Crippen LogP contribution in [0.2, 0.25) is 0 Å². The molecule has 0 saturated heterocycles. The Balaban J connectivity index is 1.46. The van der Waals surface area contributed by atoms with Crippen LogP contribution in [0.1, 0.15) is 41.6 Å². The molecule has 4 nitrogen and oxygen atoms in total. The minimum atomic E-state index is -4.72. The molecule has 0 bridgehead atoms. The number of hydrogen-bond acceptors (Lipinski definition) is 3. The first-order chi connectivity index (χ1) is 12.8. The molecule has 2 aliphatic carbocycles. The Bertz CT molecular complexity index is 861. The molecule has 0 heterocycles. The molecule has 1 fully saturated rings. The lowest BCUT2D eigenvalue weighted by atomic mass is 10.1. The highest BCUT2D eigenvalue weighted by Crippen LogP contribution is 2.48. The number of carbonyl (C=O) groups is 1. The monoisotopic (exact) mass is 378 g/mol. The summed E-state index contributed by atoms with van der Waals surface area (Å²) < 4.78 is 47.7. The summed E-state index contributed by atoms with van der Waals surface area (Å²) in [5.41, 5.74) is 2.19. The highest BCUT2D eigenvalue weighted by molar-refractivity contribution is 5.75. The van der Waals surface area contributed by atoms with Crippen molar-refractivity contribution in [2.75, 3.05) is 0 Å². The van der Waals surface area contributed by atoms with Crippen molar-refractivity contribution < 1.29 is 32.5 Å². The van der Waals surface area contributed by atoms with E-state index in [4.69, 9.17) is 9.84 Å². The SMILES string of the molecule is O=C(O)C1CC1c1ccc(O[C@@H]2CCc3c(OC(F)(F)F)cccc32)cc1. The third kappa shape index (κ3) is 3.72. The second-order valence-electron chi connectivity index (χ2n) is 6.87. The van der Waals surface area contributed by atoms with Crippen LogP contribution in [-0.4, -0.2) is 17.4 Å². The van der Waals surface area contributed by atoms with Gasteiger partial charge in [-0.25, -0.2) is 0 Å². The Morgan fingerprint density at radius 2 is 1.85 bits per heavy atom. The van der Waals surface area contributed by atoms with Crippen molar-refractivity contribution in [1.29, 1.82) is 0 Å². The summed E-state index contributed by atoms with van der Waals surface area (Å²) in [4.78, 5) is 11.0. The van der Waals surface area contributed by atoms with Crippen LogP contribution >= 0.6 is 0 Å². The molecule has 3 atom stereocenters. The van der Waals surface area contributed by atoms with E-state index in [1.807, 2.05) is 12.1 Å². The van der Waals surface area contributed by atoms with Crippen LogP contribution in [0.3, 0.4) is 0 Å². The van der Waals surface area contributed by atoms with Gasteiger partial charge in [0, 0.05) is 5.56 Å². The lowest BCUT2D eigenvalue weighted by Gasteiger charge is -2.16. The number of carboxylic acid groups (broad SMARTS) is 1. The highest BCUT2D eigenvalue weighted by atomic mass is 19.4. The van der Waals surface area contributed by atoms with E-state index in [1.165, 1.54) is 12.1 Å². The van der Waals surface area contributed by atoms with Crippen LogP contribution in [0, 0.1) is 5.92 Å². The molecule has 2 unspecified atom stereocenters. The van der Waals surface area contributed by atoms with E-state index in [1.54, 1.807) is 18.2 Å². The summed E-state index contributed by atoms with van der Waals surface area (Å²) in [6, 6.07) is 11.9. The van der Waals surface area contributed by atoms with E-state index in [0.29, 0.717) is 36.1 Å². The topological polar surface area (TPSA) is 55.8 Å². The van der Waals surface area contributed by atoms with E-state index in [2.05, 4.69) is 4.74 Å². The summed E-state index contributed by atoms with van der Waals surface area (Å²) in [5.74, 6) is -0.614. The number of ether oxygens (including phenoxy) is 2. The third-order valence-corrected chi connectivity index (χ3v) is 5.09. The number of hydrogen-bond donors (Lipinski definition) is 1. The molecule has 1 saturated carbocycles. The second-order valence-corrected chi connectivity index (χ2v) is 6.87. The number of fused-ring (bicyclic) bond motifs is 1. The molecule has 27 heavy (non-hydrogen) atoms. The minimum Gasteiger partial charge on any atom is -0.486 e. The fourth-order valence-corrected chi connectivity index (χ4v) is 3.72. The predicted octanol–water partition coefficient (Wildman–Crippen LogP) is 4.84. The molecule has 0 aliphatic heterocycles. The quantitative estimate of drug-likeness (QED) is 0.809. The normalized spacial score (nSPS) is 23.6. The van der Waals surface area contributed by atoms with Gasteiger partial charge in [-0.1, -0.05) is 24.3 Å². The second kappa shape index (κ2) is 6.48. The van der Waals surface area contributed by atoms with Crippen molar-refractivity contribution in [2.45, 2.75) is 37.6 Å². The fourth-order valence-electron chi connectivity index (χ4n) is 3.72. The third-order valence-electron chi connectivity index (χ3n) is 5.09. The number of rotatable bonds is 5. The average Bonchev–Trinajstić information content (AvgIpc) is 3.31. The smallest absolute Gasteiger partial charge is 0.486 e. The van der Waals surface area contributed by atoms with E-state index in [9.17, 15) is 18.0 Å². The first-order valence-electron chi connectivity index (χ1n) is 8.69. The van der Waals surface area contributed by atoms with Crippen LogP contribution in [0.15, 0.2) is 42.5 Å². The van der Waals surface area contributed by atoms with Gasteiger partial charge in [0.2, 0.25) is 0 Å². The molecule has 4 rings (SSSR count). The van der Waals surface area contributed by atoms with Gasteiger partial charge < -0.3 is 14.6 Å². The van der Waals surface area contributed by atoms with Crippen molar-refractivity contribution in [1.82, 2.24) is 0 Å². The maximum atomic E-state index is 12.5. The number of carboxylic acids is 1. The molecule has 1 N–H and O–H groups in total. The molecule has 0 amide bonds. The highest BCUT2D eigenvalue weighted by Gasteiger charge is 2.44. The Hall–Kier alpha value is -2.70. The predicted molar refractivity (Wildman–Crippen MR) is 89.7 cm³/mol. The number of alkyl halides is 3. The lowest BCUT2D eigenvalue weighted by molar-refractivity contribution is -0.274. The van der Waals surface area contributed by atoms with Crippen molar-refractivity contribution in [2.24, 2.45) is 5.92 Å². The Kier molecular flexibility index (Phi) is 4.25. The maximum Gasteiger partial charge on any atom is 0.573 e. The average molecular weight is 378 g/mol. The minimum absolute atomic E-state index is 0.0471. The Morgan fingerprint density at radius 1 is 1.11 bits per heavy atom. The first-order valence-corrected chi connectivity index (χ1v) is 8.69. The molecule has 142 valence electrons. The molecule has 2 aliphatic rings. The fraction of sp³-hybridized carbons (Fsp3) is 0.350. The van der Waals surface area contributed by atoms with Gasteiger partial charge >= 0.3 is 12.3 Å². The maximum absolute atomic E-state index is 12.5. The summed E-state index contributed by atoms with van der Waals surface area (Å²) >= 11 is 0. The summed E-state index contributed by atoms with van der Waals surface area (Å²) in [6.45, 7) is 0. The molecule has 0 aromatic heterocycles. The molecule has 7 heteroatoms. The van der Waals surface area contributed by atoms with E-state index in [0.717, 1.165) is 5.56 Å². The van der Waals surface area contributed by atoms with E-state index >= 15 is 0 Å². The summed E-state index contributed by atoms with van der Waals surface area (Å²) in [6.07, 6.45) is -3.39. The zero-order chi connectivity index (χ0) is 19.2. The standard InChI is InChI=1S/C20H17F3O4/c21-20(22,23)27-18-3-1-2-13-14(18)8-9-17(13)26-12-6-4-11(5-7-12)15-10-16(15)19(24)25/h1-7,15-17H,8-10H2,(H,24,25)/t15?,16?,17-/m1/s1. The van der Waals surface area contributed by atoms with Crippen LogP contribution < -0.4 is 9.47 Å². The molecular weight excluding hydrogens is 361 g/mol. The van der Waals surface area contributed by atoms with Crippen molar-refractivity contribution >= 4 is 5.97 Å². The van der Waals surface area contributed by atoms with Gasteiger partial charge in [0.1, 0.15) is 17.6 Å². The summed E-state index contributed by atoms with van der Waals surface area (Å²) in [7, 11) is 0. The van der Waals surface area contributed by atoms with E-state index < -0.39 is 12.3 Å². The van der Waals surface area contributed by atoms with Crippen LogP contribution in [0.25, 0.3) is 0 Å². The van der Waals surface area contributed by atoms with Gasteiger partial charge in [0.15, 0.2) is 0 Å². The Morgan fingerprint density at radius 3 is 2.48 bits per heavy atom. The van der Waals surface area contributed by atoms with Crippen LogP contribution in [-0.2, 0) is 11.2 Å². The number of benzene rings is 2. The van der Waals surface area contributed by atoms with Gasteiger partial charge in [-0.05, 0) is 54.5 Å². The van der Waals surface area contributed by atoms with Crippen LogP contribution in [0.5, 0.6) is 11.5 Å². The molecule has 0 radical (unpaired) electrons. The number of aliphatic carboxylic acids is 1. The zero-order valence-electron chi connectivity index (χ0n) is 14.2. The van der Waals surface area contributed by atoms with Crippen molar-refractivity contribution in [3.05, 3.63) is 59.2 Å². The zero-order valence-corrected chi connectivity index (χ0v) is 14.2. The molecule has 0 spiro atoms. The largest absolute Gasteiger partial charge is 0.573 e. The summed E-state index contributed by atoms with van der Waals surface area (Å²) in [5, 5.41) is 9.01. The first kappa shape index (κ1) is 17.7. The van der Waals surface area contributed by atoms with Gasteiger partial charge in [-0.15, -0.1) is 13.2 Å². The van der Waals surface area contributed by atoms with Gasteiger partial charge in [-0.3, -0.25) is 4.79 Å². The van der Waals surface area contributed by atoms with E-state index in [-0.39, 0.29) is 23.7 Å². The molecular formula is C20H17F3O4. The Labute approximate surface area is 153 Å². The van der Waals surface area contributed by atoms with Gasteiger partial charge in [-0.2, -0.15) is 0 Å². The molecule has 2 aromatic rings. The van der Waals surface area contributed by atoms with Crippen LogP contribution in [0.4, 0.5) is 13.2 Å². The number of halogens is 3. The van der Waals surface area contributed by atoms with Crippen molar-refractivity contribution in [3.8, 4) is 11.5 Å².